The molecule has 1 aliphatic carbocycles. The first-order valence-electron chi connectivity index (χ1n) is 10.7. The SMILES string of the molecule is CN1CCN(Cc2ccc(C(=O)N3CCC(NCC4CC4)CC3)cc2)CC1.Cl.Cl. The van der Waals surface area contributed by atoms with E-state index in [2.05, 4.69) is 34.3 Å². The molecule has 1 aromatic rings. The van der Waals surface area contributed by atoms with Gasteiger partial charge in [0.25, 0.3) is 5.91 Å². The van der Waals surface area contributed by atoms with E-state index >= 15 is 0 Å². The van der Waals surface area contributed by atoms with Crippen molar-refractivity contribution in [2.24, 2.45) is 5.92 Å². The molecule has 0 unspecified atom stereocenters. The quantitative estimate of drug-likeness (QED) is 0.734. The number of nitrogens with zero attached hydrogens (tertiary/aromatic N) is 3. The number of benzene rings is 1. The predicted octanol–water partition coefficient (Wildman–Crippen LogP) is 2.88. The minimum atomic E-state index is 0. The highest BCUT2D eigenvalue weighted by Crippen LogP contribution is 2.28. The van der Waals surface area contributed by atoms with Gasteiger partial charge in [0.2, 0.25) is 0 Å². The molecule has 2 heterocycles. The first kappa shape index (κ1) is 24.4. The first-order chi connectivity index (χ1) is 13.2. The van der Waals surface area contributed by atoms with Gasteiger partial charge in [0.05, 0.1) is 0 Å². The number of amides is 1. The smallest absolute Gasteiger partial charge is 0.253 e. The number of piperazine rings is 1. The van der Waals surface area contributed by atoms with Gasteiger partial charge in [0.1, 0.15) is 0 Å². The summed E-state index contributed by atoms with van der Waals surface area (Å²) >= 11 is 0. The van der Waals surface area contributed by atoms with Gasteiger partial charge in [-0.25, -0.2) is 0 Å². The number of halogens is 2. The maximum Gasteiger partial charge on any atom is 0.253 e. The third-order valence-corrected chi connectivity index (χ3v) is 6.38. The first-order valence-corrected chi connectivity index (χ1v) is 10.7. The summed E-state index contributed by atoms with van der Waals surface area (Å²) in [6, 6.07) is 8.90. The molecule has 1 amide bonds. The average Bonchev–Trinajstić information content (AvgIpc) is 3.53. The number of likely N-dealkylation sites (tertiary alicyclic amines) is 1. The molecule has 1 saturated carbocycles. The lowest BCUT2D eigenvalue weighted by Gasteiger charge is -2.33. The average molecular weight is 443 g/mol. The zero-order valence-electron chi connectivity index (χ0n) is 17.5. The van der Waals surface area contributed by atoms with Crippen molar-refractivity contribution < 1.29 is 4.79 Å². The molecule has 164 valence electrons. The number of carbonyl (C=O) groups is 1. The monoisotopic (exact) mass is 442 g/mol. The molecule has 0 bridgehead atoms. The molecule has 0 spiro atoms. The summed E-state index contributed by atoms with van der Waals surface area (Å²) in [5.74, 6) is 1.12. The third kappa shape index (κ3) is 7.11. The molecule has 2 saturated heterocycles. The third-order valence-electron chi connectivity index (χ3n) is 6.38. The Balaban J connectivity index is 0.00000150. The Bertz CT molecular complexity index is 622. The van der Waals surface area contributed by atoms with Crippen LogP contribution in [0.4, 0.5) is 0 Å². The van der Waals surface area contributed by atoms with Crippen LogP contribution in [0.1, 0.15) is 41.6 Å². The molecule has 29 heavy (non-hydrogen) atoms. The molecular weight excluding hydrogens is 407 g/mol. The van der Waals surface area contributed by atoms with E-state index in [0.717, 1.165) is 70.1 Å². The molecule has 0 aromatic heterocycles. The predicted molar refractivity (Wildman–Crippen MR) is 123 cm³/mol. The number of rotatable bonds is 6. The van der Waals surface area contributed by atoms with Crippen LogP contribution in [-0.2, 0) is 6.54 Å². The molecule has 1 N–H and O–H groups in total. The summed E-state index contributed by atoms with van der Waals surface area (Å²) in [4.78, 5) is 19.7. The lowest BCUT2D eigenvalue weighted by atomic mass is 10.0. The summed E-state index contributed by atoms with van der Waals surface area (Å²) in [5, 5.41) is 3.69. The van der Waals surface area contributed by atoms with E-state index in [1.165, 1.54) is 24.9 Å². The fourth-order valence-corrected chi connectivity index (χ4v) is 4.14. The van der Waals surface area contributed by atoms with Crippen LogP contribution in [0.25, 0.3) is 0 Å². The molecule has 3 aliphatic rings. The lowest BCUT2D eigenvalue weighted by Crippen LogP contribution is -2.45. The van der Waals surface area contributed by atoms with Gasteiger partial charge < -0.3 is 15.1 Å². The van der Waals surface area contributed by atoms with Gasteiger partial charge in [-0.1, -0.05) is 12.1 Å². The van der Waals surface area contributed by atoms with E-state index in [1.54, 1.807) is 0 Å². The van der Waals surface area contributed by atoms with Crippen molar-refractivity contribution in [2.45, 2.75) is 38.3 Å². The highest BCUT2D eigenvalue weighted by atomic mass is 35.5. The van der Waals surface area contributed by atoms with Gasteiger partial charge in [-0.15, -0.1) is 24.8 Å². The molecule has 1 aromatic carbocycles. The maximum atomic E-state index is 12.8. The van der Waals surface area contributed by atoms with Gasteiger partial charge >= 0.3 is 0 Å². The Hall–Kier alpha value is -0.850. The van der Waals surface area contributed by atoms with E-state index in [1.807, 2.05) is 17.0 Å². The lowest BCUT2D eigenvalue weighted by molar-refractivity contribution is 0.0705. The summed E-state index contributed by atoms with van der Waals surface area (Å²) in [7, 11) is 2.18. The topological polar surface area (TPSA) is 38.8 Å². The van der Waals surface area contributed by atoms with Crippen LogP contribution in [-0.4, -0.2) is 79.5 Å². The number of likely N-dealkylation sites (N-methyl/N-ethyl adjacent to an activating group) is 1. The standard InChI is InChI=1S/C22H34N4O.2ClH/c1-24-12-14-25(15-13-24)17-19-4-6-20(7-5-19)22(27)26-10-8-21(9-11-26)23-16-18-2-3-18;;/h4-7,18,21,23H,2-3,8-17H2,1H3;2*1H. The number of nitrogens with one attached hydrogen (secondary N) is 1. The second-order valence-electron chi connectivity index (χ2n) is 8.69. The van der Waals surface area contributed by atoms with Gasteiger partial charge in [-0.05, 0) is 62.9 Å². The largest absolute Gasteiger partial charge is 0.339 e. The number of hydrogen-bond donors (Lipinski definition) is 1. The Labute approximate surface area is 188 Å². The van der Waals surface area contributed by atoms with Crippen LogP contribution in [0.5, 0.6) is 0 Å². The van der Waals surface area contributed by atoms with Gasteiger partial charge in [-0.3, -0.25) is 9.69 Å². The van der Waals surface area contributed by atoms with E-state index in [4.69, 9.17) is 0 Å². The Morgan fingerprint density at radius 2 is 1.55 bits per heavy atom. The van der Waals surface area contributed by atoms with Crippen LogP contribution in [0.3, 0.4) is 0 Å². The molecule has 4 rings (SSSR count). The van der Waals surface area contributed by atoms with Crippen LogP contribution in [0.2, 0.25) is 0 Å². The zero-order chi connectivity index (χ0) is 18.6. The van der Waals surface area contributed by atoms with Crippen molar-refractivity contribution in [1.82, 2.24) is 20.0 Å². The van der Waals surface area contributed by atoms with Gasteiger partial charge in [0.15, 0.2) is 0 Å². The highest BCUT2D eigenvalue weighted by Gasteiger charge is 2.26. The van der Waals surface area contributed by atoms with Crippen molar-refractivity contribution in [1.29, 1.82) is 0 Å². The molecule has 3 fully saturated rings. The van der Waals surface area contributed by atoms with Crippen molar-refractivity contribution in [3.05, 3.63) is 35.4 Å². The summed E-state index contributed by atoms with van der Waals surface area (Å²) in [5.41, 5.74) is 2.14. The van der Waals surface area contributed by atoms with Crippen molar-refractivity contribution in [3.63, 3.8) is 0 Å². The molecule has 7 heteroatoms. The van der Waals surface area contributed by atoms with E-state index < -0.39 is 0 Å². The van der Waals surface area contributed by atoms with Crippen LogP contribution >= 0.6 is 24.8 Å². The highest BCUT2D eigenvalue weighted by molar-refractivity contribution is 5.94. The van der Waals surface area contributed by atoms with Crippen LogP contribution in [0.15, 0.2) is 24.3 Å². The number of carbonyl (C=O) groups excluding carboxylic acids is 1. The normalized spacial score (nSPS) is 21.3. The van der Waals surface area contributed by atoms with Crippen molar-refractivity contribution in [3.8, 4) is 0 Å². The molecule has 5 nitrogen and oxygen atoms in total. The number of hydrogen-bond acceptors (Lipinski definition) is 4. The Morgan fingerprint density at radius 1 is 0.931 bits per heavy atom. The van der Waals surface area contributed by atoms with Gasteiger partial charge in [0, 0.05) is 57.4 Å². The second kappa shape index (κ2) is 11.5. The summed E-state index contributed by atoms with van der Waals surface area (Å²) in [6.45, 7) is 8.45. The van der Waals surface area contributed by atoms with Gasteiger partial charge in [-0.2, -0.15) is 0 Å². The summed E-state index contributed by atoms with van der Waals surface area (Å²) < 4.78 is 0. The fraction of sp³-hybridized carbons (Fsp3) is 0.682. The van der Waals surface area contributed by atoms with E-state index in [9.17, 15) is 4.79 Å². The van der Waals surface area contributed by atoms with Crippen LogP contribution in [0, 0.1) is 5.92 Å². The van der Waals surface area contributed by atoms with E-state index in [-0.39, 0.29) is 30.7 Å². The minimum absolute atomic E-state index is 0. The second-order valence-corrected chi connectivity index (χ2v) is 8.69. The van der Waals surface area contributed by atoms with Crippen LogP contribution < -0.4 is 5.32 Å². The summed E-state index contributed by atoms with van der Waals surface area (Å²) in [6.07, 6.45) is 4.96. The Kier molecular flexibility index (Phi) is 9.70. The van der Waals surface area contributed by atoms with Crippen molar-refractivity contribution in [2.75, 3.05) is 52.9 Å². The molecular formula is C22H36Cl2N4O. The fourth-order valence-electron chi connectivity index (χ4n) is 4.14. The number of piperidine rings is 1. The molecule has 0 atom stereocenters. The van der Waals surface area contributed by atoms with E-state index in [0.29, 0.717) is 6.04 Å². The minimum Gasteiger partial charge on any atom is -0.339 e. The Morgan fingerprint density at radius 3 is 2.14 bits per heavy atom. The molecule has 0 radical (unpaired) electrons. The zero-order valence-corrected chi connectivity index (χ0v) is 19.1. The maximum absolute atomic E-state index is 12.8. The van der Waals surface area contributed by atoms with Crippen molar-refractivity contribution >= 4 is 30.7 Å². The molecule has 2 aliphatic heterocycles.